The van der Waals surface area contributed by atoms with E-state index in [1.807, 2.05) is 0 Å². The number of anilines is 1. The minimum absolute atomic E-state index is 0. The molecule has 0 radical (unpaired) electrons. The van der Waals surface area contributed by atoms with Crippen LogP contribution >= 0.6 is 12.4 Å². The van der Waals surface area contributed by atoms with Crippen LogP contribution in [0.25, 0.3) is 0 Å². The van der Waals surface area contributed by atoms with E-state index < -0.39 is 0 Å². The molecule has 0 saturated carbocycles. The monoisotopic (exact) mass is 382 g/mol. The fraction of sp³-hybridized carbons (Fsp3) is 0.611. The summed E-state index contributed by atoms with van der Waals surface area (Å²) in [4.78, 5) is 25.7. The molecule has 1 aromatic rings. The number of nitrogens with one attached hydrogen (secondary N) is 2. The average molecular weight is 383 g/mol. The van der Waals surface area contributed by atoms with Crippen LogP contribution in [0.3, 0.4) is 0 Å². The van der Waals surface area contributed by atoms with E-state index in [2.05, 4.69) is 22.5 Å². The maximum Gasteiger partial charge on any atom is 0.293 e. The van der Waals surface area contributed by atoms with Crippen LogP contribution in [-0.4, -0.2) is 43.1 Å². The number of halogens is 1. The number of hydrogen-bond acceptors (Lipinski definition) is 5. The molecular formula is C18H27ClN4O3. The smallest absolute Gasteiger partial charge is 0.293 e. The first-order valence-corrected chi connectivity index (χ1v) is 9.09. The van der Waals surface area contributed by atoms with Gasteiger partial charge in [-0.3, -0.25) is 14.9 Å². The Morgan fingerprint density at radius 1 is 1.23 bits per heavy atom. The Kier molecular flexibility index (Phi) is 7.23. The summed E-state index contributed by atoms with van der Waals surface area (Å²) < 4.78 is 0. The fourth-order valence-corrected chi connectivity index (χ4v) is 3.56. The summed E-state index contributed by atoms with van der Waals surface area (Å²) in [6.45, 7) is 5.63. The highest BCUT2D eigenvalue weighted by Gasteiger charge is 2.25. The zero-order valence-corrected chi connectivity index (χ0v) is 15.9. The number of benzene rings is 1. The van der Waals surface area contributed by atoms with Gasteiger partial charge in [0, 0.05) is 30.8 Å². The lowest BCUT2D eigenvalue weighted by Gasteiger charge is -2.31. The summed E-state index contributed by atoms with van der Waals surface area (Å²) in [6, 6.07) is 4.99. The van der Waals surface area contributed by atoms with Gasteiger partial charge in [-0.2, -0.15) is 0 Å². The van der Waals surface area contributed by atoms with Crippen LogP contribution in [0.2, 0.25) is 0 Å². The van der Waals surface area contributed by atoms with E-state index in [1.54, 1.807) is 12.1 Å². The Labute approximate surface area is 160 Å². The van der Waals surface area contributed by atoms with Crippen molar-refractivity contribution in [2.24, 2.45) is 5.92 Å². The number of carbonyl (C=O) groups is 1. The second-order valence-corrected chi connectivity index (χ2v) is 7.13. The number of amides is 1. The maximum atomic E-state index is 12.5. The summed E-state index contributed by atoms with van der Waals surface area (Å²) in [5, 5.41) is 17.8. The van der Waals surface area contributed by atoms with Gasteiger partial charge in [-0.15, -0.1) is 12.4 Å². The third-order valence-corrected chi connectivity index (χ3v) is 5.23. The third-order valence-electron chi connectivity index (χ3n) is 5.23. The van der Waals surface area contributed by atoms with Crippen molar-refractivity contribution in [3.63, 3.8) is 0 Å². The summed E-state index contributed by atoms with van der Waals surface area (Å²) in [6.07, 6.45) is 3.85. The van der Waals surface area contributed by atoms with Gasteiger partial charge in [0.25, 0.3) is 11.6 Å². The summed E-state index contributed by atoms with van der Waals surface area (Å²) in [5.41, 5.74) is 1.00. The molecule has 1 amide bonds. The summed E-state index contributed by atoms with van der Waals surface area (Å²) in [5.74, 6) is 0.430. The number of nitro benzene ring substituents is 1. The minimum atomic E-state index is -0.380. The van der Waals surface area contributed by atoms with Crippen molar-refractivity contribution in [2.75, 3.05) is 31.1 Å². The first-order valence-electron chi connectivity index (χ1n) is 9.09. The topological polar surface area (TPSA) is 87.5 Å². The Balaban J connectivity index is 0.00000243. The van der Waals surface area contributed by atoms with E-state index >= 15 is 0 Å². The predicted octanol–water partition coefficient (Wildman–Crippen LogP) is 2.73. The predicted molar refractivity (Wildman–Crippen MR) is 104 cm³/mol. The number of hydrogen-bond donors (Lipinski definition) is 2. The minimum Gasteiger partial charge on any atom is -0.366 e. The lowest BCUT2D eigenvalue weighted by molar-refractivity contribution is -0.384. The Morgan fingerprint density at radius 3 is 2.50 bits per heavy atom. The molecule has 0 aromatic heterocycles. The molecule has 8 heteroatoms. The summed E-state index contributed by atoms with van der Waals surface area (Å²) in [7, 11) is 0. The molecule has 0 atom stereocenters. The van der Waals surface area contributed by atoms with Crippen LogP contribution in [0.1, 0.15) is 43.0 Å². The maximum absolute atomic E-state index is 12.5. The van der Waals surface area contributed by atoms with Crippen LogP contribution in [0, 0.1) is 16.0 Å². The Hall–Kier alpha value is -1.86. The Bertz CT molecular complexity index is 641. The van der Waals surface area contributed by atoms with E-state index in [0.29, 0.717) is 17.2 Å². The molecule has 2 N–H and O–H groups in total. The van der Waals surface area contributed by atoms with Gasteiger partial charge in [-0.05, 0) is 56.8 Å². The fourth-order valence-electron chi connectivity index (χ4n) is 3.56. The van der Waals surface area contributed by atoms with Crippen LogP contribution in [0.5, 0.6) is 0 Å². The molecule has 144 valence electrons. The van der Waals surface area contributed by atoms with Gasteiger partial charge in [-0.25, -0.2) is 0 Å². The largest absolute Gasteiger partial charge is 0.366 e. The molecule has 2 fully saturated rings. The van der Waals surface area contributed by atoms with E-state index in [4.69, 9.17) is 0 Å². The summed E-state index contributed by atoms with van der Waals surface area (Å²) >= 11 is 0. The van der Waals surface area contributed by atoms with E-state index in [0.717, 1.165) is 51.9 Å². The number of nitro groups is 1. The molecule has 2 aliphatic heterocycles. The molecule has 2 aliphatic rings. The molecule has 0 aliphatic carbocycles. The Morgan fingerprint density at radius 2 is 1.88 bits per heavy atom. The van der Waals surface area contributed by atoms with Gasteiger partial charge >= 0.3 is 0 Å². The van der Waals surface area contributed by atoms with Crippen LogP contribution in [0.4, 0.5) is 11.4 Å². The standard InChI is InChI=1S/C18H26N4O3.ClH/c1-13-6-10-21(11-7-13)16-3-2-14(12-17(16)22(24)25)18(23)20-15-4-8-19-9-5-15;/h2-3,12-13,15,19H,4-11H2,1H3,(H,20,23);1H. The number of rotatable bonds is 4. The highest BCUT2D eigenvalue weighted by atomic mass is 35.5. The van der Waals surface area contributed by atoms with Crippen molar-refractivity contribution in [2.45, 2.75) is 38.6 Å². The molecule has 0 bridgehead atoms. The number of carbonyl (C=O) groups excluding carboxylic acids is 1. The van der Waals surface area contributed by atoms with E-state index in [-0.39, 0.29) is 35.0 Å². The van der Waals surface area contributed by atoms with Gasteiger partial charge in [0.2, 0.25) is 0 Å². The average Bonchev–Trinajstić information content (AvgIpc) is 2.62. The molecule has 1 aromatic carbocycles. The first-order chi connectivity index (χ1) is 12.0. The molecular weight excluding hydrogens is 356 g/mol. The van der Waals surface area contributed by atoms with Crippen LogP contribution in [-0.2, 0) is 0 Å². The molecule has 2 heterocycles. The van der Waals surface area contributed by atoms with E-state index in [1.165, 1.54) is 6.07 Å². The highest BCUT2D eigenvalue weighted by Crippen LogP contribution is 2.32. The van der Waals surface area contributed by atoms with Crippen molar-refractivity contribution in [3.8, 4) is 0 Å². The van der Waals surface area contributed by atoms with Crippen molar-refractivity contribution in [3.05, 3.63) is 33.9 Å². The van der Waals surface area contributed by atoms with Gasteiger partial charge in [0.15, 0.2) is 0 Å². The van der Waals surface area contributed by atoms with Crippen molar-refractivity contribution < 1.29 is 9.72 Å². The van der Waals surface area contributed by atoms with E-state index in [9.17, 15) is 14.9 Å². The highest BCUT2D eigenvalue weighted by molar-refractivity contribution is 5.96. The second kappa shape index (κ2) is 9.19. The molecule has 3 rings (SSSR count). The zero-order valence-electron chi connectivity index (χ0n) is 15.1. The van der Waals surface area contributed by atoms with Crippen molar-refractivity contribution >= 4 is 29.7 Å². The molecule has 0 spiro atoms. The van der Waals surface area contributed by atoms with Gasteiger partial charge in [-0.1, -0.05) is 6.92 Å². The molecule has 2 saturated heterocycles. The van der Waals surface area contributed by atoms with Crippen LogP contribution < -0.4 is 15.5 Å². The quantitative estimate of drug-likeness (QED) is 0.617. The SMILES string of the molecule is CC1CCN(c2ccc(C(=O)NC3CCNCC3)cc2[N+](=O)[O-])CC1.Cl. The van der Waals surface area contributed by atoms with Crippen molar-refractivity contribution in [1.82, 2.24) is 10.6 Å². The van der Waals surface area contributed by atoms with Crippen LogP contribution in [0.15, 0.2) is 18.2 Å². The van der Waals surface area contributed by atoms with Crippen molar-refractivity contribution in [1.29, 1.82) is 0 Å². The molecule has 0 unspecified atom stereocenters. The number of piperidine rings is 2. The molecule has 26 heavy (non-hydrogen) atoms. The lowest BCUT2D eigenvalue weighted by Crippen LogP contribution is -2.42. The number of nitrogens with zero attached hydrogens (tertiary/aromatic N) is 2. The van der Waals surface area contributed by atoms with Gasteiger partial charge in [0.1, 0.15) is 5.69 Å². The zero-order chi connectivity index (χ0) is 17.8. The molecule has 7 nitrogen and oxygen atoms in total. The lowest BCUT2D eigenvalue weighted by atomic mass is 9.98. The first kappa shape index (κ1) is 20.5. The third kappa shape index (κ3) is 4.86. The normalized spacial score (nSPS) is 18.9. The van der Waals surface area contributed by atoms with Gasteiger partial charge in [0.05, 0.1) is 4.92 Å². The van der Waals surface area contributed by atoms with Gasteiger partial charge < -0.3 is 15.5 Å². The second-order valence-electron chi connectivity index (χ2n) is 7.13.